The lowest BCUT2D eigenvalue weighted by Gasteiger charge is -2.30. The molecule has 1 N–H and O–H groups in total. The van der Waals surface area contributed by atoms with Crippen molar-refractivity contribution in [1.82, 2.24) is 5.32 Å². The first kappa shape index (κ1) is 33.2. The number of hydrogen-bond donors (Lipinski definition) is 1. The van der Waals surface area contributed by atoms with Gasteiger partial charge < -0.3 is 42.7 Å². The quantitative estimate of drug-likeness (QED) is 0.158. The minimum absolute atomic E-state index is 0.0470. The summed E-state index contributed by atoms with van der Waals surface area (Å²) in [4.78, 5) is 23.8. The number of phosphoric ester groups is 1. The van der Waals surface area contributed by atoms with Crippen LogP contribution >= 0.6 is 7.82 Å². The molecule has 0 spiro atoms. The van der Waals surface area contributed by atoms with Gasteiger partial charge in [0.25, 0.3) is 7.82 Å². The number of ether oxygens (including phenoxy) is 4. The van der Waals surface area contributed by atoms with Gasteiger partial charge in [-0.1, -0.05) is 12.8 Å². The molecule has 0 bridgehead atoms. The minimum atomic E-state index is -4.44. The smallest absolute Gasteiger partial charge is 0.407 e. The molecule has 2 unspecified atom stereocenters. The van der Waals surface area contributed by atoms with Crippen LogP contribution in [0.5, 0.6) is 0 Å². The van der Waals surface area contributed by atoms with Gasteiger partial charge in [-0.3, -0.25) is 4.57 Å². The van der Waals surface area contributed by atoms with Gasteiger partial charge in [0.15, 0.2) is 6.29 Å². The zero-order chi connectivity index (χ0) is 27.1. The van der Waals surface area contributed by atoms with Crippen LogP contribution < -0.4 is 10.2 Å². The molecule has 1 aliphatic rings. The van der Waals surface area contributed by atoms with Gasteiger partial charge in [0, 0.05) is 19.8 Å². The van der Waals surface area contributed by atoms with Crippen LogP contribution in [0.3, 0.4) is 0 Å². The van der Waals surface area contributed by atoms with Gasteiger partial charge >= 0.3 is 6.09 Å². The van der Waals surface area contributed by atoms with Crippen molar-refractivity contribution in [2.45, 2.75) is 83.7 Å². The van der Waals surface area contributed by atoms with E-state index < -0.39 is 31.9 Å². The second-order valence-electron chi connectivity index (χ2n) is 11.1. The lowest BCUT2D eigenvalue weighted by atomic mass is 10.2. The fraction of sp³-hybridized carbons (Fsp3) is 0.958. The molecule has 3 atom stereocenters. The van der Waals surface area contributed by atoms with Crippen molar-refractivity contribution in [3.63, 3.8) is 0 Å². The number of likely N-dealkylation sites (N-methyl/N-ethyl adjacent to an activating group) is 1. The molecule has 1 aliphatic heterocycles. The Kier molecular flexibility index (Phi) is 15.6. The predicted octanol–water partition coefficient (Wildman–Crippen LogP) is 3.21. The second kappa shape index (κ2) is 16.9. The molecule has 1 saturated heterocycles. The normalized spacial score (nSPS) is 19.5. The van der Waals surface area contributed by atoms with Crippen LogP contribution in [0.25, 0.3) is 0 Å². The molecule has 0 aliphatic carbocycles. The maximum absolute atomic E-state index is 12.1. The molecule has 1 fully saturated rings. The third kappa shape index (κ3) is 19.3. The van der Waals surface area contributed by atoms with Crippen molar-refractivity contribution in [2.24, 2.45) is 0 Å². The largest absolute Gasteiger partial charge is 0.756 e. The van der Waals surface area contributed by atoms with Crippen molar-refractivity contribution in [3.8, 4) is 0 Å². The highest BCUT2D eigenvalue weighted by Gasteiger charge is 2.23. The number of hydrogen-bond acceptors (Lipinski definition) is 9. The Balaban J connectivity index is 2.28. The molecule has 214 valence electrons. The average Bonchev–Trinajstić information content (AvgIpc) is 2.74. The van der Waals surface area contributed by atoms with Crippen molar-refractivity contribution in [2.75, 3.05) is 67.3 Å². The highest BCUT2D eigenvalue weighted by molar-refractivity contribution is 7.45. The molecule has 0 aromatic carbocycles. The number of phosphoric acid groups is 1. The fourth-order valence-electron chi connectivity index (χ4n) is 3.20. The van der Waals surface area contributed by atoms with Crippen LogP contribution in [0, 0.1) is 0 Å². The topological polar surface area (TPSA) is 125 Å². The van der Waals surface area contributed by atoms with Crippen molar-refractivity contribution in [3.05, 3.63) is 0 Å². The lowest BCUT2D eigenvalue weighted by molar-refractivity contribution is -0.870. The fourth-order valence-corrected chi connectivity index (χ4v) is 3.93. The Bertz CT molecular complexity index is 646. The van der Waals surface area contributed by atoms with Crippen molar-refractivity contribution >= 4 is 13.9 Å². The van der Waals surface area contributed by atoms with Gasteiger partial charge in [-0.2, -0.15) is 0 Å². The number of carbonyl (C=O) groups excluding carboxylic acids is 1. The number of unbranched alkanes of at least 4 members (excludes halogenated alkanes) is 3. The zero-order valence-electron chi connectivity index (χ0n) is 23.1. The molecule has 0 saturated carbocycles. The molecule has 11 nitrogen and oxygen atoms in total. The van der Waals surface area contributed by atoms with E-state index in [1.54, 1.807) is 0 Å². The van der Waals surface area contributed by atoms with E-state index in [4.69, 9.17) is 28.0 Å². The van der Waals surface area contributed by atoms with Gasteiger partial charge in [-0.25, -0.2) is 4.79 Å². The number of nitrogens with one attached hydrogen (secondary N) is 1. The third-order valence-electron chi connectivity index (χ3n) is 5.10. The highest BCUT2D eigenvalue weighted by atomic mass is 31.2. The molecule has 0 aromatic heterocycles. The Morgan fingerprint density at radius 3 is 2.44 bits per heavy atom. The standard InChI is InChI=1S/C24H49N2O9P/c1-24(2,3)35-23(27)25-14-10-7-8-11-16-30-19-21(34-22-13-9-12-17-31-22)20-33-36(28,29)32-18-15-26(4,5)6/h21-22H,7-20H2,1-6H3,(H-,25,27,28,29)/t21-,22?/m1/s1. The van der Waals surface area contributed by atoms with Gasteiger partial charge in [-0.05, 0) is 52.9 Å². The van der Waals surface area contributed by atoms with E-state index in [1.165, 1.54) is 0 Å². The molecule has 0 radical (unpaired) electrons. The van der Waals surface area contributed by atoms with E-state index in [9.17, 15) is 14.3 Å². The summed E-state index contributed by atoms with van der Waals surface area (Å²) in [6.07, 6.45) is 4.94. The summed E-state index contributed by atoms with van der Waals surface area (Å²) in [6, 6.07) is 0. The maximum atomic E-state index is 12.1. The molecule has 1 heterocycles. The molecular formula is C24H49N2O9P. The second-order valence-corrected chi connectivity index (χ2v) is 12.5. The summed E-state index contributed by atoms with van der Waals surface area (Å²) in [6.45, 7) is 7.77. The van der Waals surface area contributed by atoms with Gasteiger partial charge in [0.2, 0.25) is 0 Å². The van der Waals surface area contributed by atoms with Crippen molar-refractivity contribution in [1.29, 1.82) is 0 Å². The van der Waals surface area contributed by atoms with E-state index in [0.717, 1.165) is 44.9 Å². The van der Waals surface area contributed by atoms with E-state index in [1.807, 2.05) is 41.9 Å². The zero-order valence-corrected chi connectivity index (χ0v) is 24.0. The summed E-state index contributed by atoms with van der Waals surface area (Å²) >= 11 is 0. The number of nitrogens with zero attached hydrogens (tertiary/aromatic N) is 1. The minimum Gasteiger partial charge on any atom is -0.756 e. The van der Waals surface area contributed by atoms with Crippen LogP contribution in [-0.2, 0) is 32.6 Å². The van der Waals surface area contributed by atoms with Gasteiger partial charge in [0.05, 0.1) is 34.4 Å². The van der Waals surface area contributed by atoms with E-state index >= 15 is 0 Å². The SMILES string of the molecule is CC(C)(C)OC(=O)NCCCCCCOC[C@H](COP(=O)([O-])OCC[N+](C)(C)C)OC1CCCCO1. The first-order chi connectivity index (χ1) is 16.8. The summed E-state index contributed by atoms with van der Waals surface area (Å²) in [5.74, 6) is 0. The van der Waals surface area contributed by atoms with E-state index in [0.29, 0.717) is 30.8 Å². The van der Waals surface area contributed by atoms with Gasteiger partial charge in [0.1, 0.15) is 24.9 Å². The van der Waals surface area contributed by atoms with Crippen LogP contribution in [0.1, 0.15) is 65.7 Å². The lowest BCUT2D eigenvalue weighted by Crippen LogP contribution is -2.38. The highest BCUT2D eigenvalue weighted by Crippen LogP contribution is 2.38. The Morgan fingerprint density at radius 2 is 1.81 bits per heavy atom. The molecule has 1 rings (SSSR count). The molecule has 0 aromatic rings. The van der Waals surface area contributed by atoms with Crippen LogP contribution in [-0.4, -0.2) is 95.8 Å². The van der Waals surface area contributed by atoms with Crippen LogP contribution in [0.15, 0.2) is 0 Å². The molecule has 12 heteroatoms. The monoisotopic (exact) mass is 540 g/mol. The summed E-state index contributed by atoms with van der Waals surface area (Å²) in [5.41, 5.74) is -0.500. The Hall–Kier alpha value is -0.780. The molecular weight excluding hydrogens is 491 g/mol. The summed E-state index contributed by atoms with van der Waals surface area (Å²) < 4.78 is 45.3. The number of quaternary nitrogens is 1. The summed E-state index contributed by atoms with van der Waals surface area (Å²) in [7, 11) is 1.41. The predicted molar refractivity (Wildman–Crippen MR) is 134 cm³/mol. The maximum Gasteiger partial charge on any atom is 0.407 e. The average molecular weight is 541 g/mol. The Morgan fingerprint density at radius 1 is 1.08 bits per heavy atom. The molecule has 1 amide bonds. The third-order valence-corrected chi connectivity index (χ3v) is 6.06. The van der Waals surface area contributed by atoms with E-state index in [-0.39, 0.29) is 19.8 Å². The Labute approximate surface area is 217 Å². The molecule has 36 heavy (non-hydrogen) atoms. The van der Waals surface area contributed by atoms with Crippen molar-refractivity contribution < 1.29 is 46.7 Å². The number of carbonyl (C=O) groups is 1. The number of amides is 1. The van der Waals surface area contributed by atoms with Crippen LogP contribution in [0.2, 0.25) is 0 Å². The van der Waals surface area contributed by atoms with E-state index in [2.05, 4.69) is 5.32 Å². The summed E-state index contributed by atoms with van der Waals surface area (Å²) in [5, 5.41) is 2.75. The first-order valence-corrected chi connectivity index (χ1v) is 14.4. The first-order valence-electron chi connectivity index (χ1n) is 13.0. The number of rotatable bonds is 18. The number of alkyl carbamates (subject to hydrolysis) is 1. The van der Waals surface area contributed by atoms with Crippen LogP contribution in [0.4, 0.5) is 4.79 Å². The van der Waals surface area contributed by atoms with Gasteiger partial charge in [-0.15, -0.1) is 0 Å².